The molecule has 2 N–H and O–H groups in total. The fourth-order valence-corrected chi connectivity index (χ4v) is 2.47. The van der Waals surface area contributed by atoms with E-state index in [1.54, 1.807) is 0 Å². The van der Waals surface area contributed by atoms with E-state index in [1.165, 1.54) is 5.57 Å². The van der Waals surface area contributed by atoms with Crippen molar-refractivity contribution in [3.05, 3.63) is 11.1 Å². The summed E-state index contributed by atoms with van der Waals surface area (Å²) in [5, 5.41) is 20.2. The second kappa shape index (κ2) is 3.33. The van der Waals surface area contributed by atoms with E-state index in [0.717, 1.165) is 18.4 Å². The van der Waals surface area contributed by atoms with Gasteiger partial charge in [-0.05, 0) is 53.0 Å². The summed E-state index contributed by atoms with van der Waals surface area (Å²) in [7, 11) is 0. The molecule has 0 bridgehead atoms. The summed E-state index contributed by atoms with van der Waals surface area (Å²) in [5.74, 6) is 0. The van der Waals surface area contributed by atoms with Crippen molar-refractivity contribution in [1.82, 2.24) is 0 Å². The van der Waals surface area contributed by atoms with Crippen LogP contribution in [0.25, 0.3) is 0 Å². The van der Waals surface area contributed by atoms with Crippen LogP contribution in [-0.4, -0.2) is 21.4 Å². The van der Waals surface area contributed by atoms with E-state index in [4.69, 9.17) is 0 Å². The van der Waals surface area contributed by atoms with Crippen LogP contribution in [0.3, 0.4) is 0 Å². The van der Waals surface area contributed by atoms with Gasteiger partial charge >= 0.3 is 0 Å². The quantitative estimate of drug-likeness (QED) is 0.691. The van der Waals surface area contributed by atoms with Crippen molar-refractivity contribution >= 4 is 0 Å². The molecule has 0 saturated heterocycles. The first-order valence-corrected chi connectivity index (χ1v) is 5.61. The number of hydrogen-bond acceptors (Lipinski definition) is 2. The van der Waals surface area contributed by atoms with Crippen LogP contribution in [0.5, 0.6) is 0 Å². The van der Waals surface area contributed by atoms with Gasteiger partial charge in [0.15, 0.2) is 0 Å². The van der Waals surface area contributed by atoms with Crippen molar-refractivity contribution in [2.24, 2.45) is 5.41 Å². The average molecular weight is 212 g/mol. The summed E-state index contributed by atoms with van der Waals surface area (Å²) in [6.45, 7) is 11.5. The molecule has 2 heteroatoms. The third kappa shape index (κ3) is 2.26. The second-order valence-corrected chi connectivity index (χ2v) is 6.29. The Hall–Kier alpha value is -0.340. The zero-order valence-corrected chi connectivity index (χ0v) is 10.8. The van der Waals surface area contributed by atoms with Crippen LogP contribution in [-0.2, 0) is 0 Å². The van der Waals surface area contributed by atoms with Gasteiger partial charge < -0.3 is 10.2 Å². The molecule has 2 nitrogen and oxygen atoms in total. The van der Waals surface area contributed by atoms with E-state index in [-0.39, 0.29) is 5.41 Å². The summed E-state index contributed by atoms with van der Waals surface area (Å²) in [4.78, 5) is 0. The molecule has 1 atom stereocenters. The van der Waals surface area contributed by atoms with Gasteiger partial charge in [-0.1, -0.05) is 12.5 Å². The topological polar surface area (TPSA) is 40.5 Å². The summed E-state index contributed by atoms with van der Waals surface area (Å²) in [6, 6.07) is 0. The largest absolute Gasteiger partial charge is 0.390 e. The molecule has 1 aliphatic carbocycles. The van der Waals surface area contributed by atoms with Crippen LogP contribution < -0.4 is 0 Å². The van der Waals surface area contributed by atoms with Gasteiger partial charge in [-0.3, -0.25) is 0 Å². The Kier molecular flexibility index (Phi) is 2.82. The Labute approximate surface area is 93.0 Å². The van der Waals surface area contributed by atoms with Crippen molar-refractivity contribution in [1.29, 1.82) is 0 Å². The molecule has 1 aliphatic rings. The molecule has 0 fully saturated rings. The monoisotopic (exact) mass is 212 g/mol. The highest BCUT2D eigenvalue weighted by molar-refractivity contribution is 5.30. The number of aliphatic hydroxyl groups is 2. The van der Waals surface area contributed by atoms with Gasteiger partial charge in [-0.15, -0.1) is 0 Å². The number of rotatable bonds is 2. The lowest BCUT2D eigenvalue weighted by Crippen LogP contribution is -2.40. The van der Waals surface area contributed by atoms with E-state index in [2.05, 4.69) is 13.8 Å². The van der Waals surface area contributed by atoms with Gasteiger partial charge in [-0.25, -0.2) is 0 Å². The van der Waals surface area contributed by atoms with Gasteiger partial charge in [0.05, 0.1) is 11.2 Å². The van der Waals surface area contributed by atoms with Crippen LogP contribution in [0, 0.1) is 5.41 Å². The highest BCUT2D eigenvalue weighted by atomic mass is 16.3. The van der Waals surface area contributed by atoms with Crippen molar-refractivity contribution < 1.29 is 10.2 Å². The van der Waals surface area contributed by atoms with Crippen molar-refractivity contribution in [3.8, 4) is 0 Å². The van der Waals surface area contributed by atoms with Gasteiger partial charge in [0, 0.05) is 5.41 Å². The molecule has 0 aromatic carbocycles. The SMILES string of the molecule is CC1=C(C(C)(C)O)CC(C)(C(C)(C)O)C1. The molecule has 0 heterocycles. The summed E-state index contributed by atoms with van der Waals surface area (Å²) in [5.41, 5.74) is 0.708. The smallest absolute Gasteiger partial charge is 0.0803 e. The van der Waals surface area contributed by atoms with Gasteiger partial charge in [-0.2, -0.15) is 0 Å². The minimum Gasteiger partial charge on any atom is -0.390 e. The van der Waals surface area contributed by atoms with E-state index in [1.807, 2.05) is 27.7 Å². The molecule has 15 heavy (non-hydrogen) atoms. The van der Waals surface area contributed by atoms with Crippen LogP contribution in [0.4, 0.5) is 0 Å². The van der Waals surface area contributed by atoms with Gasteiger partial charge in [0.2, 0.25) is 0 Å². The van der Waals surface area contributed by atoms with Crippen LogP contribution in [0.2, 0.25) is 0 Å². The van der Waals surface area contributed by atoms with Crippen molar-refractivity contribution in [2.75, 3.05) is 0 Å². The lowest BCUT2D eigenvalue weighted by atomic mass is 9.72. The van der Waals surface area contributed by atoms with E-state index < -0.39 is 11.2 Å². The maximum atomic E-state index is 10.2. The Balaban J connectivity index is 2.98. The first-order chi connectivity index (χ1) is 6.47. The lowest BCUT2D eigenvalue weighted by molar-refractivity contribution is -0.0424. The first-order valence-electron chi connectivity index (χ1n) is 5.61. The fourth-order valence-electron chi connectivity index (χ4n) is 2.47. The Morgan fingerprint density at radius 1 is 1.07 bits per heavy atom. The van der Waals surface area contributed by atoms with E-state index in [9.17, 15) is 10.2 Å². The maximum Gasteiger partial charge on any atom is 0.0803 e. The number of allylic oxidation sites excluding steroid dienone is 1. The third-order valence-corrected chi connectivity index (χ3v) is 3.95. The standard InChI is InChI=1S/C13H24O2/c1-9-7-13(6,12(4,5)15)8-10(9)11(2,3)14/h14-15H,7-8H2,1-6H3. The highest BCUT2D eigenvalue weighted by Gasteiger charge is 2.46. The maximum absolute atomic E-state index is 10.2. The molecular weight excluding hydrogens is 188 g/mol. The zero-order valence-electron chi connectivity index (χ0n) is 10.8. The highest BCUT2D eigenvalue weighted by Crippen LogP contribution is 2.50. The van der Waals surface area contributed by atoms with Gasteiger partial charge in [0.25, 0.3) is 0 Å². The van der Waals surface area contributed by atoms with E-state index in [0.29, 0.717) is 0 Å². The normalized spacial score (nSPS) is 28.8. The molecule has 0 saturated carbocycles. The predicted octanol–water partition coefficient (Wildman–Crippen LogP) is 2.64. The minimum absolute atomic E-state index is 0.146. The lowest BCUT2D eigenvalue weighted by Gasteiger charge is -2.38. The summed E-state index contributed by atoms with van der Waals surface area (Å²) >= 11 is 0. The molecular formula is C13H24O2. The molecule has 0 radical (unpaired) electrons. The molecule has 0 amide bonds. The van der Waals surface area contributed by atoms with Crippen LogP contribution in [0.15, 0.2) is 11.1 Å². The molecule has 0 aromatic heterocycles. The number of hydrogen-bond donors (Lipinski definition) is 2. The molecule has 0 aliphatic heterocycles. The van der Waals surface area contributed by atoms with Crippen LogP contribution in [0.1, 0.15) is 54.4 Å². The van der Waals surface area contributed by atoms with Crippen molar-refractivity contribution in [3.63, 3.8) is 0 Å². The first kappa shape index (κ1) is 12.7. The summed E-state index contributed by atoms with van der Waals surface area (Å²) < 4.78 is 0. The fraction of sp³-hybridized carbons (Fsp3) is 0.846. The van der Waals surface area contributed by atoms with Crippen LogP contribution >= 0.6 is 0 Å². The zero-order chi connectivity index (χ0) is 12.1. The minimum atomic E-state index is -0.757. The Bertz CT molecular complexity index is 289. The third-order valence-electron chi connectivity index (χ3n) is 3.95. The molecule has 0 spiro atoms. The van der Waals surface area contributed by atoms with E-state index >= 15 is 0 Å². The summed E-state index contributed by atoms with van der Waals surface area (Å²) in [6.07, 6.45) is 1.65. The molecule has 0 aromatic rings. The second-order valence-electron chi connectivity index (χ2n) is 6.29. The molecule has 88 valence electrons. The average Bonchev–Trinajstić information content (AvgIpc) is 2.24. The Morgan fingerprint density at radius 3 is 1.73 bits per heavy atom. The van der Waals surface area contributed by atoms with Crippen molar-refractivity contribution in [2.45, 2.75) is 65.6 Å². The molecule has 1 unspecified atom stereocenters. The predicted molar refractivity (Wildman–Crippen MR) is 62.6 cm³/mol. The Morgan fingerprint density at radius 2 is 1.53 bits per heavy atom. The molecule has 1 rings (SSSR count). The van der Waals surface area contributed by atoms with Gasteiger partial charge in [0.1, 0.15) is 0 Å².